The number of thioether (sulfide) groups is 8. The molecule has 0 saturated carbocycles. The van der Waals surface area contributed by atoms with Crippen LogP contribution in [0.15, 0.2) is 0 Å². The summed E-state index contributed by atoms with van der Waals surface area (Å²) in [5.41, 5.74) is 0. The minimum atomic E-state index is -4.48. The summed E-state index contributed by atoms with van der Waals surface area (Å²) in [4.78, 5) is 99.5. The van der Waals surface area contributed by atoms with E-state index in [9.17, 15) is 38.4 Å². The Labute approximate surface area is 490 Å². The highest BCUT2D eigenvalue weighted by Gasteiger charge is 2.82. The normalized spacial score (nSPS) is 31.5. The van der Waals surface area contributed by atoms with Crippen LogP contribution in [0.25, 0.3) is 0 Å². The summed E-state index contributed by atoms with van der Waals surface area (Å²) in [6, 6.07) is 0.752. The van der Waals surface area contributed by atoms with Gasteiger partial charge in [0.25, 0.3) is 0 Å². The third kappa shape index (κ3) is 22.1. The van der Waals surface area contributed by atoms with Gasteiger partial charge in [0, 0.05) is 150 Å². The number of carbonyl (C=O) groups excluding carboxylic acids is 8. The molecular formula is C40H72O20S8Si8. The van der Waals surface area contributed by atoms with E-state index in [1.165, 1.54) is 55.4 Å². The monoisotopic (exact) mass is 1350 g/mol. The minimum absolute atomic E-state index is 0.0899. The van der Waals surface area contributed by atoms with Gasteiger partial charge in [0.05, 0.1) is 0 Å². The molecule has 0 aromatic heterocycles. The van der Waals surface area contributed by atoms with Crippen molar-refractivity contribution in [3.8, 4) is 0 Å². The molecule has 0 aromatic carbocycles. The first kappa shape index (κ1) is 68.2. The molecule has 6 saturated heterocycles. The van der Waals surface area contributed by atoms with E-state index < -0.39 is 70.4 Å². The Morgan fingerprint density at radius 2 is 0.303 bits per heavy atom. The van der Waals surface area contributed by atoms with Crippen LogP contribution in [-0.4, -0.2) is 157 Å². The van der Waals surface area contributed by atoms with Gasteiger partial charge in [0.15, 0.2) is 40.9 Å². The molecule has 0 aromatic rings. The second-order valence-corrected chi connectivity index (χ2v) is 53.1. The molecule has 432 valence electrons. The molecule has 6 aliphatic heterocycles. The third-order valence-electron chi connectivity index (χ3n) is 11.2. The largest absolute Gasteiger partial charge is 0.478 e. The van der Waals surface area contributed by atoms with Crippen molar-refractivity contribution in [3.63, 3.8) is 0 Å². The first-order chi connectivity index (χ1) is 35.8. The molecule has 0 atom stereocenters. The van der Waals surface area contributed by atoms with Gasteiger partial charge in [-0.15, -0.1) is 0 Å². The van der Waals surface area contributed by atoms with E-state index in [-0.39, 0.29) is 89.3 Å². The molecule has 76 heavy (non-hydrogen) atoms. The quantitative estimate of drug-likeness (QED) is 0.0450. The van der Waals surface area contributed by atoms with Crippen molar-refractivity contribution in [3.05, 3.63) is 0 Å². The maximum atomic E-state index is 12.4. The fourth-order valence-electron chi connectivity index (χ4n) is 8.60. The van der Waals surface area contributed by atoms with Gasteiger partial charge in [-0.3, -0.25) is 38.4 Å². The van der Waals surface area contributed by atoms with Gasteiger partial charge in [0.1, 0.15) is 0 Å². The zero-order valence-corrected chi connectivity index (χ0v) is 58.9. The highest BCUT2D eigenvalue weighted by atomic mass is 32.2. The second kappa shape index (κ2) is 31.5. The first-order valence-corrected chi connectivity index (χ1v) is 48.6. The van der Waals surface area contributed by atoms with Gasteiger partial charge < -0.3 is 49.4 Å². The zero-order chi connectivity index (χ0) is 55.7. The van der Waals surface area contributed by atoms with Crippen molar-refractivity contribution < 1.29 is 87.7 Å². The highest BCUT2D eigenvalue weighted by Crippen LogP contribution is 2.55. The summed E-state index contributed by atoms with van der Waals surface area (Å²) in [6.07, 6.45) is 2.74. The molecule has 6 rings (SSSR count). The Morgan fingerprint density at radius 3 is 0.382 bits per heavy atom. The maximum absolute atomic E-state index is 12.4. The zero-order valence-electron chi connectivity index (χ0n) is 44.4. The van der Waals surface area contributed by atoms with Crippen LogP contribution in [0.5, 0.6) is 0 Å². The summed E-state index contributed by atoms with van der Waals surface area (Å²) < 4.78 is 93.2. The summed E-state index contributed by atoms with van der Waals surface area (Å²) in [6.45, 7) is 11.9. The molecule has 6 heterocycles. The Kier molecular flexibility index (Phi) is 28.3. The molecule has 0 aliphatic carbocycles. The molecule has 20 nitrogen and oxygen atoms in total. The van der Waals surface area contributed by atoms with Gasteiger partial charge >= 0.3 is 70.4 Å². The SMILES string of the molecule is CC(=O)SCCC[Si]12O[Si]3(CCCSC(C)=O)O[Si]4(CCCSC(C)=O)O[Si](CCCSC(C)=O)(O1)O[Si]1(CCCSC(C)=O)O[Si](CCCSC(C)=O)(O2)O[Si](CCCSC(C)=O)(O3)O[Si](CCCSC(C)=O)(O4)O1. The van der Waals surface area contributed by atoms with Crippen LogP contribution >= 0.6 is 94.1 Å². The van der Waals surface area contributed by atoms with Crippen molar-refractivity contribution >= 4 is 205 Å². The van der Waals surface area contributed by atoms with Crippen LogP contribution in [0.1, 0.15) is 107 Å². The van der Waals surface area contributed by atoms with Gasteiger partial charge in [-0.1, -0.05) is 94.1 Å². The van der Waals surface area contributed by atoms with Crippen molar-refractivity contribution in [2.45, 2.75) is 155 Å². The molecule has 6 aliphatic rings. The average molecular weight is 1350 g/mol. The van der Waals surface area contributed by atoms with E-state index in [4.69, 9.17) is 49.4 Å². The number of rotatable bonds is 32. The number of carbonyl (C=O) groups is 8. The fraction of sp³-hybridized carbons (Fsp3) is 0.800. The third-order valence-corrected chi connectivity index (χ3v) is 56.0. The highest BCUT2D eigenvalue weighted by molar-refractivity contribution is 8.15. The Hall–Kier alpha value is 1.42. The van der Waals surface area contributed by atoms with Crippen molar-refractivity contribution in [2.75, 3.05) is 46.0 Å². The number of hydrogen-bond acceptors (Lipinski definition) is 28. The molecular weight excluding hydrogens is 1280 g/mol. The molecule has 0 N–H and O–H groups in total. The Balaban J connectivity index is 1.90. The predicted octanol–water partition coefficient (Wildman–Crippen LogP) is 9.12. The summed E-state index contributed by atoms with van der Waals surface area (Å²) in [7, 11) is -35.9. The lowest BCUT2D eigenvalue weighted by Gasteiger charge is -2.63. The minimum Gasteiger partial charge on any atom is -0.373 e. The Morgan fingerprint density at radius 1 is 0.211 bits per heavy atom. The van der Waals surface area contributed by atoms with Crippen molar-refractivity contribution in [2.24, 2.45) is 0 Å². The Bertz CT molecular complexity index is 1590. The summed E-state index contributed by atoms with van der Waals surface area (Å²) in [5, 5.41) is -0.719. The van der Waals surface area contributed by atoms with Crippen LogP contribution in [0.3, 0.4) is 0 Å². The van der Waals surface area contributed by atoms with Gasteiger partial charge in [-0.2, -0.15) is 0 Å². The van der Waals surface area contributed by atoms with E-state index in [1.807, 2.05) is 0 Å². The smallest absolute Gasteiger partial charge is 0.373 e. The van der Waals surface area contributed by atoms with Gasteiger partial charge in [-0.25, -0.2) is 0 Å². The molecule has 0 radical (unpaired) electrons. The van der Waals surface area contributed by atoms with Crippen LogP contribution in [0, 0.1) is 0 Å². The van der Waals surface area contributed by atoms with Crippen LogP contribution in [-0.2, 0) is 87.7 Å². The van der Waals surface area contributed by atoms with E-state index in [1.54, 1.807) is 0 Å². The molecule has 0 unspecified atom stereocenters. The molecule has 6 fully saturated rings. The predicted molar refractivity (Wildman–Crippen MR) is 320 cm³/mol. The summed E-state index contributed by atoms with van der Waals surface area (Å²) in [5.74, 6) is 2.89. The van der Waals surface area contributed by atoms with E-state index >= 15 is 0 Å². The van der Waals surface area contributed by atoms with Crippen LogP contribution in [0.2, 0.25) is 48.4 Å². The van der Waals surface area contributed by atoms with E-state index in [0.717, 1.165) is 94.1 Å². The molecule has 36 heteroatoms. The van der Waals surface area contributed by atoms with Crippen molar-refractivity contribution in [1.29, 1.82) is 0 Å². The van der Waals surface area contributed by atoms with Crippen molar-refractivity contribution in [1.82, 2.24) is 0 Å². The lowest BCUT2D eigenvalue weighted by Crippen LogP contribution is -2.88. The summed E-state index contributed by atoms with van der Waals surface area (Å²) >= 11 is 9.10. The van der Waals surface area contributed by atoms with Crippen LogP contribution in [0.4, 0.5) is 0 Å². The maximum Gasteiger partial charge on any atom is 0.478 e. The lowest BCUT2D eigenvalue weighted by molar-refractivity contribution is -0.109. The molecule has 0 amide bonds. The number of hydrogen-bond donors (Lipinski definition) is 0. The van der Waals surface area contributed by atoms with Gasteiger partial charge in [0.2, 0.25) is 0 Å². The molecule has 0 spiro atoms. The van der Waals surface area contributed by atoms with E-state index in [0.29, 0.717) is 97.4 Å². The lowest BCUT2D eigenvalue weighted by atomic mass is 10.6. The van der Waals surface area contributed by atoms with Gasteiger partial charge in [-0.05, 0) is 51.4 Å². The topological polar surface area (TPSA) is 247 Å². The average Bonchev–Trinajstić information content (AvgIpc) is 3.27. The fourth-order valence-corrected chi connectivity index (χ4v) is 65.7. The van der Waals surface area contributed by atoms with Crippen LogP contribution < -0.4 is 0 Å². The molecule has 8 bridgehead atoms. The second-order valence-electron chi connectivity index (χ2n) is 18.2. The standard InChI is InChI=1S/C40H72O20S8Si8/c1-33(41)61-17-9-25-69-49-70(26-10-18-62-34(2)42)52-73(29-13-21-65-37(5)45)54-71(50-69,27-11-19-63-35(3)43)56-75(31-15-23-67-39(7)47)57-72(51-69,28-12-20-64-36(4)44)55-74(53-70,30-14-22-66-38(6)46)59-76(58-73,60-75)32-16-24-68-40(8)48/h9-32H2,1-8H3. The first-order valence-electron chi connectivity index (χ1n) is 25.3. The van der Waals surface area contributed by atoms with E-state index in [2.05, 4.69) is 0 Å².